The van der Waals surface area contributed by atoms with E-state index in [-0.39, 0.29) is 11.1 Å². The fourth-order valence-electron chi connectivity index (χ4n) is 1.69. The second kappa shape index (κ2) is 5.47. The lowest BCUT2D eigenvalue weighted by molar-refractivity contribution is 0.569. The molecule has 0 heterocycles. The second-order valence-electron chi connectivity index (χ2n) is 3.76. The third-order valence-electron chi connectivity index (χ3n) is 2.63. The molecule has 0 amide bonds. The highest BCUT2D eigenvalue weighted by Crippen LogP contribution is 2.30. The summed E-state index contributed by atoms with van der Waals surface area (Å²) in [6, 6.07) is 8.72. The van der Waals surface area contributed by atoms with E-state index in [0.717, 1.165) is 0 Å². The summed E-state index contributed by atoms with van der Waals surface area (Å²) in [7, 11) is 0. The van der Waals surface area contributed by atoms with E-state index in [9.17, 15) is 8.78 Å². The Morgan fingerprint density at radius 2 is 1.22 bits per heavy atom. The van der Waals surface area contributed by atoms with Gasteiger partial charge < -0.3 is 5.73 Å². The number of benzene rings is 2. The average Bonchev–Trinajstić information content (AvgIpc) is 2.35. The molecule has 18 heavy (non-hydrogen) atoms. The van der Waals surface area contributed by atoms with E-state index in [1.54, 1.807) is 36.4 Å². The molecule has 2 rings (SSSR count). The minimum atomic E-state index is -0.847. The maximum Gasteiger partial charge on any atom is 0.142 e. The number of rotatable bonds is 2. The van der Waals surface area contributed by atoms with Crippen LogP contribution in [0.25, 0.3) is 0 Å². The van der Waals surface area contributed by atoms with Gasteiger partial charge in [0, 0.05) is 11.1 Å². The minimum Gasteiger partial charge on any atom is -0.320 e. The second-order valence-corrected chi connectivity index (χ2v) is 5.47. The van der Waals surface area contributed by atoms with Crippen LogP contribution in [0.5, 0.6) is 0 Å². The van der Waals surface area contributed by atoms with Crippen LogP contribution >= 0.6 is 31.9 Å². The van der Waals surface area contributed by atoms with Gasteiger partial charge in [-0.1, -0.05) is 24.3 Å². The quantitative estimate of drug-likeness (QED) is 0.818. The molecule has 5 heteroatoms. The highest BCUT2D eigenvalue weighted by Gasteiger charge is 2.19. The molecule has 2 aromatic rings. The van der Waals surface area contributed by atoms with E-state index in [1.807, 2.05) is 0 Å². The van der Waals surface area contributed by atoms with Crippen molar-refractivity contribution in [3.63, 3.8) is 0 Å². The van der Waals surface area contributed by atoms with Crippen LogP contribution in [0.1, 0.15) is 17.2 Å². The summed E-state index contributed by atoms with van der Waals surface area (Å²) >= 11 is 6.17. The summed E-state index contributed by atoms with van der Waals surface area (Å²) in [5, 5.41) is 0. The van der Waals surface area contributed by atoms with Gasteiger partial charge in [-0.3, -0.25) is 0 Å². The predicted molar refractivity (Wildman–Crippen MR) is 74.2 cm³/mol. The third-order valence-corrected chi connectivity index (χ3v) is 3.86. The number of hydrogen-bond donors (Lipinski definition) is 1. The molecular weight excluding hydrogens is 368 g/mol. The first kappa shape index (κ1) is 13.6. The Morgan fingerprint density at radius 1 is 0.833 bits per heavy atom. The largest absolute Gasteiger partial charge is 0.320 e. The van der Waals surface area contributed by atoms with Crippen molar-refractivity contribution >= 4 is 31.9 Å². The van der Waals surface area contributed by atoms with Gasteiger partial charge in [-0.25, -0.2) is 8.78 Å². The van der Waals surface area contributed by atoms with Gasteiger partial charge in [0.15, 0.2) is 0 Å². The Balaban J connectivity index is 2.51. The van der Waals surface area contributed by atoms with Crippen LogP contribution < -0.4 is 5.73 Å². The summed E-state index contributed by atoms with van der Waals surface area (Å²) in [6.07, 6.45) is 0. The van der Waals surface area contributed by atoms with Crippen LogP contribution in [0, 0.1) is 11.6 Å². The molecule has 2 N–H and O–H groups in total. The van der Waals surface area contributed by atoms with E-state index in [0.29, 0.717) is 8.95 Å². The van der Waals surface area contributed by atoms with Crippen LogP contribution in [0.4, 0.5) is 8.78 Å². The van der Waals surface area contributed by atoms with Crippen molar-refractivity contribution in [2.45, 2.75) is 6.04 Å². The maximum absolute atomic E-state index is 13.9. The van der Waals surface area contributed by atoms with Crippen LogP contribution in [0.15, 0.2) is 45.3 Å². The van der Waals surface area contributed by atoms with E-state index < -0.39 is 17.7 Å². The zero-order valence-corrected chi connectivity index (χ0v) is 12.3. The Bertz CT molecular complexity index is 536. The Kier molecular flexibility index (Phi) is 4.14. The zero-order chi connectivity index (χ0) is 13.3. The molecular formula is C13H9Br2F2N. The monoisotopic (exact) mass is 375 g/mol. The highest BCUT2D eigenvalue weighted by molar-refractivity contribution is 9.10. The molecule has 0 unspecified atom stereocenters. The van der Waals surface area contributed by atoms with Crippen molar-refractivity contribution < 1.29 is 8.78 Å². The molecule has 0 fully saturated rings. The fraction of sp³-hybridized carbons (Fsp3) is 0.0769. The Labute approximate surface area is 120 Å². The van der Waals surface area contributed by atoms with Crippen LogP contribution in [-0.4, -0.2) is 0 Å². The van der Waals surface area contributed by atoms with Crippen molar-refractivity contribution in [1.29, 1.82) is 0 Å². The van der Waals surface area contributed by atoms with Crippen molar-refractivity contribution in [3.8, 4) is 0 Å². The molecule has 1 nitrogen and oxygen atoms in total. The number of nitrogens with two attached hydrogens (primary N) is 1. The SMILES string of the molecule is NC(c1cccc(Br)c1F)c1cccc(Br)c1F. The van der Waals surface area contributed by atoms with Crippen LogP contribution in [0.2, 0.25) is 0 Å². The summed E-state index contributed by atoms with van der Waals surface area (Å²) in [5.74, 6) is -0.936. The molecule has 0 aromatic heterocycles. The van der Waals surface area contributed by atoms with E-state index in [4.69, 9.17) is 5.73 Å². The lowest BCUT2D eigenvalue weighted by atomic mass is 9.99. The van der Waals surface area contributed by atoms with Crippen molar-refractivity contribution in [2.75, 3.05) is 0 Å². The summed E-state index contributed by atoms with van der Waals surface area (Å²) < 4.78 is 28.4. The smallest absolute Gasteiger partial charge is 0.142 e. The molecule has 0 atom stereocenters. The molecule has 0 aliphatic rings. The van der Waals surface area contributed by atoms with Crippen molar-refractivity contribution in [2.24, 2.45) is 5.73 Å². The molecule has 0 spiro atoms. The Morgan fingerprint density at radius 3 is 1.61 bits per heavy atom. The van der Waals surface area contributed by atoms with Gasteiger partial charge in [-0.2, -0.15) is 0 Å². The van der Waals surface area contributed by atoms with Gasteiger partial charge in [0.05, 0.1) is 15.0 Å². The van der Waals surface area contributed by atoms with Gasteiger partial charge in [0.25, 0.3) is 0 Å². The Hall–Kier alpha value is -0.780. The van der Waals surface area contributed by atoms with Gasteiger partial charge in [0.1, 0.15) is 11.6 Å². The van der Waals surface area contributed by atoms with Gasteiger partial charge in [-0.15, -0.1) is 0 Å². The topological polar surface area (TPSA) is 26.0 Å². The van der Waals surface area contributed by atoms with E-state index >= 15 is 0 Å². The lowest BCUT2D eigenvalue weighted by Crippen LogP contribution is -2.15. The average molecular weight is 377 g/mol. The lowest BCUT2D eigenvalue weighted by Gasteiger charge is -2.15. The molecule has 0 aliphatic heterocycles. The predicted octanol–water partition coefficient (Wildman–Crippen LogP) is 4.54. The number of hydrogen-bond acceptors (Lipinski definition) is 1. The van der Waals surface area contributed by atoms with Crippen LogP contribution in [-0.2, 0) is 0 Å². The highest BCUT2D eigenvalue weighted by atomic mass is 79.9. The molecule has 0 saturated heterocycles. The van der Waals surface area contributed by atoms with Gasteiger partial charge in [0.2, 0.25) is 0 Å². The zero-order valence-electron chi connectivity index (χ0n) is 9.13. The molecule has 0 saturated carbocycles. The summed E-state index contributed by atoms with van der Waals surface area (Å²) in [6.45, 7) is 0. The van der Waals surface area contributed by atoms with E-state index in [2.05, 4.69) is 31.9 Å². The van der Waals surface area contributed by atoms with Crippen molar-refractivity contribution in [3.05, 3.63) is 68.1 Å². The fourth-order valence-corrected chi connectivity index (χ4v) is 2.45. The number of halogens is 4. The standard InChI is InChI=1S/C13H9Br2F2N/c14-9-5-1-3-7(11(9)16)13(18)8-4-2-6-10(15)12(8)17/h1-6,13H,18H2. The third kappa shape index (κ3) is 2.48. The first-order chi connectivity index (χ1) is 8.52. The minimum absolute atomic E-state index is 0.251. The summed E-state index contributed by atoms with van der Waals surface area (Å²) in [4.78, 5) is 0. The molecule has 0 bridgehead atoms. The summed E-state index contributed by atoms with van der Waals surface area (Å²) in [5.41, 5.74) is 6.44. The normalized spacial score (nSPS) is 11.0. The molecule has 94 valence electrons. The molecule has 0 radical (unpaired) electrons. The van der Waals surface area contributed by atoms with Gasteiger partial charge in [-0.05, 0) is 44.0 Å². The van der Waals surface area contributed by atoms with Gasteiger partial charge >= 0.3 is 0 Å². The first-order valence-corrected chi connectivity index (χ1v) is 6.74. The van der Waals surface area contributed by atoms with Crippen LogP contribution in [0.3, 0.4) is 0 Å². The maximum atomic E-state index is 13.9. The van der Waals surface area contributed by atoms with Crippen molar-refractivity contribution in [1.82, 2.24) is 0 Å². The molecule has 2 aromatic carbocycles. The first-order valence-electron chi connectivity index (χ1n) is 5.15. The molecule has 0 aliphatic carbocycles. The van der Waals surface area contributed by atoms with E-state index in [1.165, 1.54) is 0 Å².